The Morgan fingerprint density at radius 1 is 0.857 bits per heavy atom. The van der Waals surface area contributed by atoms with Crippen molar-refractivity contribution in [2.24, 2.45) is 18.4 Å². The van der Waals surface area contributed by atoms with Crippen LogP contribution in [0.2, 0.25) is 0 Å². The van der Waals surface area contributed by atoms with Gasteiger partial charge in [-0.15, -0.1) is 0 Å². The molecule has 1 aromatic heterocycles. The monoisotopic (exact) mass is 863 g/mol. The van der Waals surface area contributed by atoms with Gasteiger partial charge in [-0.25, -0.2) is 4.79 Å². The Hall–Kier alpha value is -6.23. The highest BCUT2D eigenvalue weighted by Gasteiger charge is 2.49. The molecule has 1 saturated carbocycles. The number of fused-ring (bicyclic) bond motifs is 2. The Kier molecular flexibility index (Phi) is 11.0. The van der Waals surface area contributed by atoms with Gasteiger partial charge in [0.05, 0.1) is 43.6 Å². The average Bonchev–Trinajstić information content (AvgIpc) is 3.50. The minimum Gasteiger partial charge on any atom is -0.496 e. The minimum atomic E-state index is -1.02. The summed E-state index contributed by atoms with van der Waals surface area (Å²) in [6.07, 6.45) is 6.51. The van der Waals surface area contributed by atoms with Crippen LogP contribution in [0.3, 0.4) is 0 Å². The number of aryl methyl sites for hydroxylation is 1. The Morgan fingerprint density at radius 3 is 2.22 bits per heavy atom. The van der Waals surface area contributed by atoms with Crippen LogP contribution in [0.5, 0.6) is 17.2 Å². The quantitative estimate of drug-likeness (QED) is 0.286. The SMILES string of the molecule is CNC(=O)N1CCc2c(-c3cc(OC)c(CN4CC(CC(=O)N5CCC6(CC5)CC(Oc5ccc7c(c5)C(=O)N(C5CCC(=O)NC5=O)C7=O)C6)C4)c(OC)c3)cn(C)c(=O)c2C1. The maximum atomic E-state index is 13.5. The van der Waals surface area contributed by atoms with E-state index in [1.807, 2.05) is 23.2 Å². The van der Waals surface area contributed by atoms with Crippen LogP contribution in [-0.2, 0) is 40.9 Å². The van der Waals surface area contributed by atoms with E-state index in [0.717, 1.165) is 65.9 Å². The third kappa shape index (κ3) is 7.69. The molecule has 63 heavy (non-hydrogen) atoms. The molecule has 332 valence electrons. The second kappa shape index (κ2) is 16.5. The van der Waals surface area contributed by atoms with Gasteiger partial charge in [-0.3, -0.25) is 43.9 Å². The van der Waals surface area contributed by atoms with E-state index >= 15 is 0 Å². The third-order valence-electron chi connectivity index (χ3n) is 14.1. The topological polar surface area (TPSA) is 189 Å². The number of likely N-dealkylation sites (tertiary alicyclic amines) is 2. The highest BCUT2D eigenvalue weighted by Crippen LogP contribution is 2.51. The van der Waals surface area contributed by atoms with Crippen molar-refractivity contribution < 1.29 is 43.0 Å². The molecule has 9 rings (SSSR count). The molecule has 0 radical (unpaired) electrons. The summed E-state index contributed by atoms with van der Waals surface area (Å²) in [7, 11) is 6.58. The fraction of sp³-hybridized carbons (Fsp3) is 0.500. The van der Waals surface area contributed by atoms with Crippen molar-refractivity contribution in [3.63, 3.8) is 0 Å². The summed E-state index contributed by atoms with van der Waals surface area (Å²) < 4.78 is 19.7. The number of urea groups is 1. The van der Waals surface area contributed by atoms with E-state index in [2.05, 4.69) is 15.5 Å². The summed E-state index contributed by atoms with van der Waals surface area (Å²) in [5, 5.41) is 4.87. The maximum Gasteiger partial charge on any atom is 0.317 e. The lowest BCUT2D eigenvalue weighted by atomic mass is 9.61. The predicted molar refractivity (Wildman–Crippen MR) is 227 cm³/mol. The number of hydrogen-bond donors (Lipinski definition) is 2. The Labute approximate surface area is 364 Å². The van der Waals surface area contributed by atoms with E-state index in [4.69, 9.17) is 14.2 Å². The molecule has 2 N–H and O–H groups in total. The van der Waals surface area contributed by atoms with Crippen LogP contribution in [0.25, 0.3) is 11.1 Å². The van der Waals surface area contributed by atoms with Crippen molar-refractivity contribution in [3.8, 4) is 28.4 Å². The number of pyridine rings is 1. The summed E-state index contributed by atoms with van der Waals surface area (Å²) in [6.45, 7) is 4.31. The molecule has 7 amide bonds. The van der Waals surface area contributed by atoms with Crippen molar-refractivity contribution >= 4 is 35.6 Å². The first kappa shape index (κ1) is 42.1. The normalized spacial score (nSPS) is 21.1. The van der Waals surface area contributed by atoms with Crippen molar-refractivity contribution in [2.75, 3.05) is 54.0 Å². The van der Waals surface area contributed by atoms with Gasteiger partial charge < -0.3 is 33.9 Å². The van der Waals surface area contributed by atoms with Crippen LogP contribution >= 0.6 is 0 Å². The number of ether oxygens (including phenoxy) is 3. The number of piperidine rings is 2. The molecule has 3 saturated heterocycles. The van der Waals surface area contributed by atoms with E-state index in [0.29, 0.717) is 61.8 Å². The van der Waals surface area contributed by atoms with Gasteiger partial charge in [0.1, 0.15) is 23.3 Å². The largest absolute Gasteiger partial charge is 0.496 e. The van der Waals surface area contributed by atoms with Gasteiger partial charge in [0.15, 0.2) is 0 Å². The van der Waals surface area contributed by atoms with Crippen LogP contribution in [0, 0.1) is 11.3 Å². The molecule has 17 nitrogen and oxygen atoms in total. The lowest BCUT2D eigenvalue weighted by Gasteiger charge is -2.52. The van der Waals surface area contributed by atoms with Gasteiger partial charge in [-0.05, 0) is 91.3 Å². The van der Waals surface area contributed by atoms with Crippen LogP contribution < -0.4 is 30.4 Å². The number of imide groups is 2. The number of methoxy groups -OCH3 is 2. The standard InChI is InChI=1S/C46H53N7O10/c1-47-45(60)52-12-9-30-33(23-49(2)42(57)34(30)25-52)27-16-37(61-3)35(38(17-27)62-4)24-50-21-26(22-50)15-40(55)51-13-10-46(11-14-51)19-29(20-46)63-28-5-6-31-32(18-28)44(59)53(43(31)58)36-7-8-39(54)48-41(36)56/h5-6,16-18,23,26,29,36H,7-15,19-22,24-25H2,1-4H3,(H,47,60)(H,48,54,56). The second-order valence-electron chi connectivity index (χ2n) is 17.9. The molecular weight excluding hydrogens is 811 g/mol. The van der Waals surface area contributed by atoms with E-state index in [9.17, 15) is 33.6 Å². The number of rotatable bonds is 10. The number of hydrogen-bond acceptors (Lipinski definition) is 11. The zero-order valence-corrected chi connectivity index (χ0v) is 36.1. The molecular formula is C46H53N7O10. The number of carbonyl (C=O) groups is 6. The highest BCUT2D eigenvalue weighted by molar-refractivity contribution is 6.23. The number of benzene rings is 2. The van der Waals surface area contributed by atoms with E-state index in [-0.39, 0.29) is 65.4 Å². The third-order valence-corrected chi connectivity index (χ3v) is 14.1. The van der Waals surface area contributed by atoms with E-state index in [1.165, 1.54) is 0 Å². The molecule has 17 heteroatoms. The summed E-state index contributed by atoms with van der Waals surface area (Å²) >= 11 is 0. The van der Waals surface area contributed by atoms with E-state index in [1.54, 1.807) is 56.0 Å². The molecule has 4 fully saturated rings. The predicted octanol–water partition coefficient (Wildman–Crippen LogP) is 2.84. The summed E-state index contributed by atoms with van der Waals surface area (Å²) in [5.74, 6) is 0.123. The van der Waals surface area contributed by atoms with Crippen molar-refractivity contribution in [1.82, 2.24) is 34.8 Å². The summed E-state index contributed by atoms with van der Waals surface area (Å²) in [6, 6.07) is 7.57. The molecule has 1 atom stereocenters. The van der Waals surface area contributed by atoms with Crippen LogP contribution in [0.15, 0.2) is 41.3 Å². The molecule has 5 aliphatic heterocycles. The molecule has 0 bridgehead atoms. The zero-order chi connectivity index (χ0) is 44.3. The summed E-state index contributed by atoms with van der Waals surface area (Å²) in [4.78, 5) is 96.3. The number of nitrogens with one attached hydrogen (secondary N) is 2. The molecule has 1 spiro atoms. The Bertz CT molecular complexity index is 2450. The van der Waals surface area contributed by atoms with E-state index < -0.39 is 29.7 Å². The van der Waals surface area contributed by atoms with Crippen molar-refractivity contribution in [1.29, 1.82) is 0 Å². The number of aromatic nitrogens is 1. The highest BCUT2D eigenvalue weighted by atomic mass is 16.5. The summed E-state index contributed by atoms with van der Waals surface area (Å²) in [5.41, 5.74) is 4.62. The smallest absolute Gasteiger partial charge is 0.317 e. The number of amides is 7. The number of nitrogens with zero attached hydrogens (tertiary/aromatic N) is 5. The second-order valence-corrected chi connectivity index (χ2v) is 17.9. The van der Waals surface area contributed by atoms with Crippen molar-refractivity contribution in [3.05, 3.63) is 74.7 Å². The lowest BCUT2D eigenvalue weighted by molar-refractivity contribution is -0.139. The molecule has 1 aliphatic carbocycles. The van der Waals surface area contributed by atoms with Gasteiger partial charge in [0.2, 0.25) is 17.7 Å². The number of carbonyl (C=O) groups excluding carboxylic acids is 6. The first-order valence-electron chi connectivity index (χ1n) is 21.7. The van der Waals surface area contributed by atoms with Gasteiger partial charge in [-0.1, -0.05) is 0 Å². The molecule has 3 aromatic rings. The Balaban J connectivity index is 0.753. The van der Waals surface area contributed by atoms with Crippen LogP contribution in [0.4, 0.5) is 4.79 Å². The van der Waals surface area contributed by atoms with Gasteiger partial charge in [0.25, 0.3) is 17.4 Å². The van der Waals surface area contributed by atoms with Gasteiger partial charge >= 0.3 is 6.03 Å². The zero-order valence-electron chi connectivity index (χ0n) is 36.1. The van der Waals surface area contributed by atoms with Crippen LogP contribution in [0.1, 0.15) is 82.4 Å². The first-order valence-corrected chi connectivity index (χ1v) is 21.7. The Morgan fingerprint density at radius 2 is 1.56 bits per heavy atom. The molecule has 6 heterocycles. The molecule has 2 aromatic carbocycles. The van der Waals surface area contributed by atoms with Gasteiger partial charge in [0, 0.05) is 83.5 Å². The van der Waals surface area contributed by atoms with Crippen molar-refractivity contribution in [2.45, 2.75) is 76.6 Å². The lowest BCUT2D eigenvalue weighted by Crippen LogP contribution is -2.54. The maximum absolute atomic E-state index is 13.5. The first-order chi connectivity index (χ1) is 30.3. The van der Waals surface area contributed by atoms with Crippen LogP contribution in [-0.4, -0.2) is 126 Å². The molecule has 6 aliphatic rings. The fourth-order valence-corrected chi connectivity index (χ4v) is 10.6. The molecule has 1 unspecified atom stereocenters. The minimum absolute atomic E-state index is 0.0418. The van der Waals surface area contributed by atoms with Gasteiger partial charge in [-0.2, -0.15) is 0 Å². The average molecular weight is 864 g/mol. The fourth-order valence-electron chi connectivity index (χ4n) is 10.6.